The van der Waals surface area contributed by atoms with Gasteiger partial charge in [-0.15, -0.1) is 0 Å². The van der Waals surface area contributed by atoms with Gasteiger partial charge in [-0.3, -0.25) is 4.79 Å². The Kier molecular flexibility index (Phi) is 3.60. The molecule has 1 aromatic heterocycles. The first-order chi connectivity index (χ1) is 11.6. The molecule has 0 atom stereocenters. The third kappa shape index (κ3) is 2.58. The molecule has 0 saturated heterocycles. The highest BCUT2D eigenvalue weighted by atomic mass is 19.1. The van der Waals surface area contributed by atoms with E-state index in [1.54, 1.807) is 6.07 Å². The van der Waals surface area contributed by atoms with Crippen LogP contribution in [0.5, 0.6) is 0 Å². The predicted molar refractivity (Wildman–Crippen MR) is 92.3 cm³/mol. The number of nitrogens with one attached hydrogen (secondary N) is 1. The highest BCUT2D eigenvalue weighted by molar-refractivity contribution is 5.86. The van der Waals surface area contributed by atoms with Gasteiger partial charge >= 0.3 is 0 Å². The fourth-order valence-electron chi connectivity index (χ4n) is 3.49. The minimum Gasteiger partial charge on any atom is -0.358 e. The molecule has 24 heavy (non-hydrogen) atoms. The van der Waals surface area contributed by atoms with E-state index in [1.165, 1.54) is 12.1 Å². The first-order valence-corrected chi connectivity index (χ1v) is 8.23. The predicted octanol–water partition coefficient (Wildman–Crippen LogP) is 3.74. The molecule has 2 aromatic carbocycles. The molecular weight excluding hydrogens is 303 g/mol. The quantitative estimate of drug-likeness (QED) is 0.766. The molecule has 4 heteroatoms. The van der Waals surface area contributed by atoms with E-state index < -0.39 is 0 Å². The summed E-state index contributed by atoms with van der Waals surface area (Å²) < 4.78 is 13.4. The third-order valence-corrected chi connectivity index (χ3v) is 4.89. The average Bonchev–Trinajstić information content (AvgIpc) is 2.93. The summed E-state index contributed by atoms with van der Waals surface area (Å²) in [6, 6.07) is 12.8. The second-order valence-electron chi connectivity index (χ2n) is 6.44. The van der Waals surface area contributed by atoms with Crippen molar-refractivity contribution in [2.45, 2.75) is 26.3 Å². The largest absolute Gasteiger partial charge is 0.358 e. The normalized spacial score (nSPS) is 14.0. The van der Waals surface area contributed by atoms with Crippen LogP contribution in [0.25, 0.3) is 10.9 Å². The van der Waals surface area contributed by atoms with E-state index in [-0.39, 0.29) is 11.7 Å². The monoisotopic (exact) mass is 322 g/mol. The van der Waals surface area contributed by atoms with E-state index in [4.69, 9.17) is 0 Å². The molecule has 0 unspecified atom stereocenters. The van der Waals surface area contributed by atoms with Gasteiger partial charge < -0.3 is 9.88 Å². The molecular formula is C20H19FN2O. The molecule has 0 radical (unpaired) electrons. The van der Waals surface area contributed by atoms with E-state index in [0.717, 1.165) is 39.7 Å². The van der Waals surface area contributed by atoms with Gasteiger partial charge in [-0.05, 0) is 36.2 Å². The molecule has 0 fully saturated rings. The van der Waals surface area contributed by atoms with Gasteiger partial charge in [0.25, 0.3) is 0 Å². The fourth-order valence-corrected chi connectivity index (χ4v) is 3.49. The van der Waals surface area contributed by atoms with Gasteiger partial charge in [0.2, 0.25) is 5.91 Å². The molecule has 4 rings (SSSR count). The number of aryl methyl sites for hydroxylation is 1. The zero-order valence-electron chi connectivity index (χ0n) is 13.6. The molecule has 1 aliphatic rings. The summed E-state index contributed by atoms with van der Waals surface area (Å²) >= 11 is 0. The molecule has 1 N–H and O–H groups in total. The fraction of sp³-hybridized carbons (Fsp3) is 0.250. The smallest absolute Gasteiger partial charge is 0.227 e. The molecule has 0 bridgehead atoms. The number of rotatable bonds is 2. The van der Waals surface area contributed by atoms with Gasteiger partial charge in [-0.25, -0.2) is 4.39 Å². The zero-order valence-corrected chi connectivity index (χ0v) is 13.6. The first kappa shape index (κ1) is 14.9. The molecule has 0 aliphatic carbocycles. The number of amides is 1. The summed E-state index contributed by atoms with van der Waals surface area (Å²) in [5, 5.41) is 1.01. The van der Waals surface area contributed by atoms with E-state index in [2.05, 4.69) is 4.98 Å². The lowest BCUT2D eigenvalue weighted by Gasteiger charge is -2.27. The lowest BCUT2D eigenvalue weighted by atomic mass is 10.0. The molecule has 3 aromatic rings. The number of carbonyl (C=O) groups excluding carboxylic acids is 1. The standard InChI is InChI=1S/C20H19FN2O/c1-13-4-2-3-5-14(13)10-20(24)23-9-8-18-17(12-23)16-7-6-15(21)11-19(16)22-18/h2-7,11,22H,8-10,12H2,1H3. The van der Waals surface area contributed by atoms with E-state index in [0.29, 0.717) is 19.5 Å². The van der Waals surface area contributed by atoms with Crippen molar-refractivity contribution in [3.05, 3.63) is 70.7 Å². The number of hydrogen-bond donors (Lipinski definition) is 1. The Morgan fingerprint density at radius 1 is 1.25 bits per heavy atom. The molecule has 1 amide bonds. The van der Waals surface area contributed by atoms with Gasteiger partial charge in [0.15, 0.2) is 0 Å². The van der Waals surface area contributed by atoms with Crippen LogP contribution >= 0.6 is 0 Å². The third-order valence-electron chi connectivity index (χ3n) is 4.89. The molecule has 1 aliphatic heterocycles. The SMILES string of the molecule is Cc1ccccc1CC(=O)N1CCc2[nH]c3cc(F)ccc3c2C1. The summed E-state index contributed by atoms with van der Waals surface area (Å²) in [5.41, 5.74) is 5.28. The number of hydrogen-bond acceptors (Lipinski definition) is 1. The average molecular weight is 322 g/mol. The zero-order chi connectivity index (χ0) is 16.7. The number of nitrogens with zero attached hydrogens (tertiary/aromatic N) is 1. The minimum atomic E-state index is -0.242. The number of carbonyl (C=O) groups is 1. The van der Waals surface area contributed by atoms with Crippen LogP contribution < -0.4 is 0 Å². The molecule has 122 valence electrons. The van der Waals surface area contributed by atoms with Crippen molar-refractivity contribution in [3.63, 3.8) is 0 Å². The highest BCUT2D eigenvalue weighted by Gasteiger charge is 2.24. The molecule has 2 heterocycles. The van der Waals surface area contributed by atoms with Crippen LogP contribution in [0.1, 0.15) is 22.4 Å². The van der Waals surface area contributed by atoms with Gasteiger partial charge in [-0.1, -0.05) is 24.3 Å². The highest BCUT2D eigenvalue weighted by Crippen LogP contribution is 2.28. The van der Waals surface area contributed by atoms with Crippen LogP contribution in [0.3, 0.4) is 0 Å². The summed E-state index contributed by atoms with van der Waals surface area (Å²) in [6.45, 7) is 3.32. The van der Waals surface area contributed by atoms with Crippen LogP contribution in [0, 0.1) is 12.7 Å². The summed E-state index contributed by atoms with van der Waals surface area (Å²) in [4.78, 5) is 17.9. The lowest BCUT2D eigenvalue weighted by Crippen LogP contribution is -2.36. The van der Waals surface area contributed by atoms with E-state index in [1.807, 2.05) is 36.1 Å². The molecule has 3 nitrogen and oxygen atoms in total. The Bertz CT molecular complexity index is 929. The maximum Gasteiger partial charge on any atom is 0.227 e. The van der Waals surface area contributed by atoms with Crippen LogP contribution in [0.15, 0.2) is 42.5 Å². The number of benzene rings is 2. The Hall–Kier alpha value is -2.62. The Labute approximate surface area is 140 Å². The number of H-pyrrole nitrogens is 1. The second kappa shape index (κ2) is 5.78. The maximum atomic E-state index is 13.4. The van der Waals surface area contributed by atoms with Crippen molar-refractivity contribution in [1.82, 2.24) is 9.88 Å². The summed E-state index contributed by atoms with van der Waals surface area (Å²) in [6.07, 6.45) is 1.21. The number of fused-ring (bicyclic) bond motifs is 3. The van der Waals surface area contributed by atoms with Crippen LogP contribution in [-0.4, -0.2) is 22.3 Å². The first-order valence-electron chi connectivity index (χ1n) is 8.23. The summed E-state index contributed by atoms with van der Waals surface area (Å²) in [5.74, 6) is -0.0972. The Morgan fingerprint density at radius 2 is 2.08 bits per heavy atom. The van der Waals surface area contributed by atoms with Gasteiger partial charge in [0.1, 0.15) is 5.82 Å². The van der Waals surface area contributed by atoms with Crippen molar-refractivity contribution in [3.8, 4) is 0 Å². The Morgan fingerprint density at radius 3 is 2.92 bits per heavy atom. The van der Waals surface area contributed by atoms with Crippen molar-refractivity contribution >= 4 is 16.8 Å². The van der Waals surface area contributed by atoms with Crippen LogP contribution in [0.2, 0.25) is 0 Å². The van der Waals surface area contributed by atoms with E-state index >= 15 is 0 Å². The second-order valence-corrected chi connectivity index (χ2v) is 6.44. The van der Waals surface area contributed by atoms with E-state index in [9.17, 15) is 9.18 Å². The lowest BCUT2D eigenvalue weighted by molar-refractivity contribution is -0.131. The molecule has 0 spiro atoms. The molecule has 0 saturated carbocycles. The topological polar surface area (TPSA) is 36.1 Å². The van der Waals surface area contributed by atoms with Crippen molar-refractivity contribution < 1.29 is 9.18 Å². The van der Waals surface area contributed by atoms with Crippen molar-refractivity contribution in [1.29, 1.82) is 0 Å². The maximum absolute atomic E-state index is 13.4. The minimum absolute atomic E-state index is 0.145. The van der Waals surface area contributed by atoms with Crippen LogP contribution in [-0.2, 0) is 24.2 Å². The van der Waals surface area contributed by atoms with Gasteiger partial charge in [0, 0.05) is 41.7 Å². The van der Waals surface area contributed by atoms with Gasteiger partial charge in [0.05, 0.1) is 6.42 Å². The number of halogens is 1. The number of aromatic amines is 1. The van der Waals surface area contributed by atoms with Crippen LogP contribution in [0.4, 0.5) is 4.39 Å². The Balaban J connectivity index is 1.58. The number of aromatic nitrogens is 1. The van der Waals surface area contributed by atoms with Crippen molar-refractivity contribution in [2.75, 3.05) is 6.54 Å². The summed E-state index contributed by atoms with van der Waals surface area (Å²) in [7, 11) is 0. The van der Waals surface area contributed by atoms with Gasteiger partial charge in [-0.2, -0.15) is 0 Å². The van der Waals surface area contributed by atoms with Crippen molar-refractivity contribution in [2.24, 2.45) is 0 Å².